The SMILES string of the molecule is CC#CCOC(=O)C(O)(c1ccccc1)c1ccccc1. The van der Waals surface area contributed by atoms with E-state index in [1.807, 2.05) is 12.1 Å². The summed E-state index contributed by atoms with van der Waals surface area (Å²) in [6.07, 6.45) is 0. The maximum Gasteiger partial charge on any atom is 0.348 e. The largest absolute Gasteiger partial charge is 0.450 e. The second kappa shape index (κ2) is 6.74. The summed E-state index contributed by atoms with van der Waals surface area (Å²) in [5, 5.41) is 11.0. The number of carbonyl (C=O) groups excluding carboxylic acids is 1. The molecule has 0 aromatic heterocycles. The summed E-state index contributed by atoms with van der Waals surface area (Å²) in [4.78, 5) is 12.4. The molecular weight excluding hydrogens is 264 g/mol. The molecule has 0 fully saturated rings. The van der Waals surface area contributed by atoms with Crippen molar-refractivity contribution in [2.75, 3.05) is 6.61 Å². The molecule has 0 aliphatic carbocycles. The van der Waals surface area contributed by atoms with E-state index < -0.39 is 11.6 Å². The number of benzene rings is 2. The van der Waals surface area contributed by atoms with Crippen LogP contribution in [-0.4, -0.2) is 17.7 Å². The lowest BCUT2D eigenvalue weighted by atomic mass is 9.86. The molecule has 3 nitrogen and oxygen atoms in total. The topological polar surface area (TPSA) is 46.5 Å². The molecule has 0 saturated heterocycles. The average molecular weight is 280 g/mol. The molecule has 2 rings (SSSR count). The summed E-state index contributed by atoms with van der Waals surface area (Å²) >= 11 is 0. The molecule has 0 atom stereocenters. The molecule has 0 bridgehead atoms. The van der Waals surface area contributed by atoms with E-state index in [0.717, 1.165) is 0 Å². The quantitative estimate of drug-likeness (QED) is 0.691. The minimum absolute atomic E-state index is 0.0443. The predicted octanol–water partition coefficient (Wildman–Crippen LogP) is 2.49. The van der Waals surface area contributed by atoms with Gasteiger partial charge in [0.1, 0.15) is 0 Å². The molecular formula is C18H16O3. The van der Waals surface area contributed by atoms with Crippen LogP contribution in [-0.2, 0) is 15.1 Å². The van der Waals surface area contributed by atoms with Gasteiger partial charge in [-0.05, 0) is 18.1 Å². The predicted molar refractivity (Wildman–Crippen MR) is 80.3 cm³/mol. The Balaban J connectivity index is 2.44. The lowest BCUT2D eigenvalue weighted by Gasteiger charge is -2.26. The molecule has 0 unspecified atom stereocenters. The third-order valence-electron chi connectivity index (χ3n) is 3.13. The molecule has 21 heavy (non-hydrogen) atoms. The number of ether oxygens (including phenoxy) is 1. The Morgan fingerprint density at radius 3 is 1.95 bits per heavy atom. The fourth-order valence-electron chi connectivity index (χ4n) is 2.04. The highest BCUT2D eigenvalue weighted by Crippen LogP contribution is 2.30. The van der Waals surface area contributed by atoms with Crippen molar-refractivity contribution in [3.05, 3.63) is 71.8 Å². The fraction of sp³-hybridized carbons (Fsp3) is 0.167. The maximum atomic E-state index is 12.4. The standard InChI is InChI=1S/C18H16O3/c1-2-3-14-21-17(19)18(20,15-10-6-4-7-11-15)16-12-8-5-9-13-16/h4-13,20H,14H2,1H3. The van der Waals surface area contributed by atoms with Gasteiger partial charge in [-0.15, -0.1) is 5.92 Å². The first-order valence-electron chi connectivity index (χ1n) is 6.60. The van der Waals surface area contributed by atoms with E-state index in [-0.39, 0.29) is 6.61 Å². The molecule has 0 radical (unpaired) electrons. The van der Waals surface area contributed by atoms with Crippen LogP contribution in [0.5, 0.6) is 0 Å². The highest BCUT2D eigenvalue weighted by Gasteiger charge is 2.41. The van der Waals surface area contributed by atoms with Crippen molar-refractivity contribution in [1.82, 2.24) is 0 Å². The monoisotopic (exact) mass is 280 g/mol. The first-order valence-corrected chi connectivity index (χ1v) is 6.60. The van der Waals surface area contributed by atoms with Gasteiger partial charge in [0.2, 0.25) is 5.60 Å². The number of aliphatic hydroxyl groups is 1. The minimum atomic E-state index is -1.84. The third-order valence-corrected chi connectivity index (χ3v) is 3.13. The average Bonchev–Trinajstić information content (AvgIpc) is 2.56. The van der Waals surface area contributed by atoms with Crippen molar-refractivity contribution in [1.29, 1.82) is 0 Å². The van der Waals surface area contributed by atoms with E-state index >= 15 is 0 Å². The van der Waals surface area contributed by atoms with Crippen LogP contribution in [0.4, 0.5) is 0 Å². The fourth-order valence-corrected chi connectivity index (χ4v) is 2.04. The summed E-state index contributed by atoms with van der Waals surface area (Å²) in [5.41, 5.74) is -0.908. The van der Waals surface area contributed by atoms with Gasteiger partial charge in [-0.25, -0.2) is 4.79 Å². The van der Waals surface area contributed by atoms with E-state index in [1.54, 1.807) is 55.5 Å². The van der Waals surface area contributed by atoms with Crippen molar-refractivity contribution < 1.29 is 14.6 Å². The zero-order chi connectivity index (χ0) is 15.1. The molecule has 2 aromatic carbocycles. The first-order chi connectivity index (χ1) is 10.2. The molecule has 2 aromatic rings. The molecule has 0 heterocycles. The molecule has 0 aliphatic rings. The molecule has 0 amide bonds. The molecule has 0 aliphatic heterocycles. The van der Waals surface area contributed by atoms with Gasteiger partial charge in [0.25, 0.3) is 0 Å². The van der Waals surface area contributed by atoms with Gasteiger partial charge < -0.3 is 9.84 Å². The van der Waals surface area contributed by atoms with Crippen LogP contribution in [0.3, 0.4) is 0 Å². The van der Waals surface area contributed by atoms with Gasteiger partial charge in [-0.3, -0.25) is 0 Å². The van der Waals surface area contributed by atoms with Crippen LogP contribution in [0.15, 0.2) is 60.7 Å². The molecule has 0 spiro atoms. The number of esters is 1. The number of hydrogen-bond donors (Lipinski definition) is 1. The van der Waals surface area contributed by atoms with E-state index in [0.29, 0.717) is 11.1 Å². The molecule has 1 N–H and O–H groups in total. The van der Waals surface area contributed by atoms with Gasteiger partial charge in [-0.2, -0.15) is 0 Å². The number of rotatable bonds is 4. The Kier molecular flexibility index (Phi) is 4.76. The van der Waals surface area contributed by atoms with Crippen LogP contribution < -0.4 is 0 Å². The Morgan fingerprint density at radius 1 is 1.05 bits per heavy atom. The van der Waals surface area contributed by atoms with Gasteiger partial charge in [0.15, 0.2) is 6.61 Å². The lowest BCUT2D eigenvalue weighted by Crippen LogP contribution is -2.38. The summed E-state index contributed by atoms with van der Waals surface area (Å²) in [6.45, 7) is 1.62. The Labute approximate surface area is 124 Å². The van der Waals surface area contributed by atoms with Crippen LogP contribution in [0.1, 0.15) is 18.1 Å². The minimum Gasteiger partial charge on any atom is -0.450 e. The molecule has 3 heteroatoms. The third kappa shape index (κ3) is 3.13. The van der Waals surface area contributed by atoms with Gasteiger partial charge in [0.05, 0.1) is 0 Å². The van der Waals surface area contributed by atoms with Crippen LogP contribution in [0, 0.1) is 11.8 Å². The van der Waals surface area contributed by atoms with E-state index in [2.05, 4.69) is 11.8 Å². The van der Waals surface area contributed by atoms with Crippen LogP contribution in [0.2, 0.25) is 0 Å². The Hall–Kier alpha value is -2.57. The van der Waals surface area contributed by atoms with Gasteiger partial charge >= 0.3 is 5.97 Å². The van der Waals surface area contributed by atoms with E-state index in [9.17, 15) is 9.90 Å². The first kappa shape index (κ1) is 14.8. The van der Waals surface area contributed by atoms with Crippen LogP contribution in [0.25, 0.3) is 0 Å². The highest BCUT2D eigenvalue weighted by molar-refractivity contribution is 5.85. The highest BCUT2D eigenvalue weighted by atomic mass is 16.5. The van der Waals surface area contributed by atoms with Crippen LogP contribution >= 0.6 is 0 Å². The second-order valence-electron chi connectivity index (χ2n) is 4.45. The normalized spacial score (nSPS) is 10.4. The molecule has 0 saturated carbocycles. The molecule has 106 valence electrons. The summed E-state index contributed by atoms with van der Waals surface area (Å²) in [6, 6.07) is 17.5. The Morgan fingerprint density at radius 2 is 1.52 bits per heavy atom. The Bertz CT molecular complexity index is 612. The summed E-state index contributed by atoms with van der Waals surface area (Å²) < 4.78 is 5.09. The smallest absolute Gasteiger partial charge is 0.348 e. The zero-order valence-corrected chi connectivity index (χ0v) is 11.7. The van der Waals surface area contributed by atoms with Gasteiger partial charge in [0, 0.05) is 0 Å². The van der Waals surface area contributed by atoms with E-state index in [1.165, 1.54) is 0 Å². The lowest BCUT2D eigenvalue weighted by molar-refractivity contribution is -0.160. The van der Waals surface area contributed by atoms with Crippen molar-refractivity contribution in [3.8, 4) is 11.8 Å². The van der Waals surface area contributed by atoms with Crippen molar-refractivity contribution in [2.45, 2.75) is 12.5 Å². The van der Waals surface area contributed by atoms with Crippen molar-refractivity contribution >= 4 is 5.97 Å². The number of hydrogen-bond acceptors (Lipinski definition) is 3. The number of carbonyl (C=O) groups is 1. The van der Waals surface area contributed by atoms with E-state index in [4.69, 9.17) is 4.74 Å². The summed E-state index contributed by atoms with van der Waals surface area (Å²) in [7, 11) is 0. The zero-order valence-electron chi connectivity index (χ0n) is 11.7. The second-order valence-corrected chi connectivity index (χ2v) is 4.45. The van der Waals surface area contributed by atoms with Crippen molar-refractivity contribution in [2.24, 2.45) is 0 Å². The maximum absolute atomic E-state index is 12.4. The van der Waals surface area contributed by atoms with Gasteiger partial charge in [-0.1, -0.05) is 66.6 Å². The summed E-state index contributed by atoms with van der Waals surface area (Å²) in [5.74, 6) is 4.56. The van der Waals surface area contributed by atoms with Crippen molar-refractivity contribution in [3.63, 3.8) is 0 Å².